The molecule has 2 atom stereocenters. The van der Waals surface area contributed by atoms with Crippen LogP contribution in [0.2, 0.25) is 0 Å². The molecule has 1 N–H and O–H groups in total. The molecule has 11 heteroatoms. The summed E-state index contributed by atoms with van der Waals surface area (Å²) in [6.07, 6.45) is 1.58. The second-order valence-corrected chi connectivity index (χ2v) is 10.0. The highest BCUT2D eigenvalue weighted by molar-refractivity contribution is 7.88. The van der Waals surface area contributed by atoms with Crippen molar-refractivity contribution in [1.82, 2.24) is 19.4 Å². The normalized spacial score (nSPS) is 21.1. The van der Waals surface area contributed by atoms with Crippen molar-refractivity contribution >= 4 is 32.8 Å². The SMILES string of the molecule is Cn1nc2cccc(-c3c(F)cccc3F)c2c1N1C[C@@H]2C[C@H](NS(C)(=O)=O)CN2C1=O. The number of nitrogens with zero attached hydrogens (tertiary/aromatic N) is 4. The van der Waals surface area contributed by atoms with Gasteiger partial charge in [0.2, 0.25) is 10.0 Å². The molecule has 0 unspecified atom stereocenters. The van der Waals surface area contributed by atoms with E-state index in [2.05, 4.69) is 9.82 Å². The summed E-state index contributed by atoms with van der Waals surface area (Å²) < 4.78 is 56.4. The van der Waals surface area contributed by atoms with E-state index in [4.69, 9.17) is 0 Å². The Hall–Kier alpha value is -3.05. The van der Waals surface area contributed by atoms with Crippen molar-refractivity contribution in [2.45, 2.75) is 18.5 Å². The Labute approximate surface area is 183 Å². The Morgan fingerprint density at radius 1 is 1.09 bits per heavy atom. The van der Waals surface area contributed by atoms with Crippen LogP contribution >= 0.6 is 0 Å². The van der Waals surface area contributed by atoms with Crippen molar-refractivity contribution in [2.24, 2.45) is 7.05 Å². The van der Waals surface area contributed by atoms with Crippen molar-refractivity contribution in [3.63, 3.8) is 0 Å². The average molecular weight is 461 g/mol. The molecule has 0 saturated carbocycles. The minimum absolute atomic E-state index is 0.170. The number of anilines is 1. The zero-order valence-electron chi connectivity index (χ0n) is 17.4. The van der Waals surface area contributed by atoms with Crippen LogP contribution in [0.4, 0.5) is 19.4 Å². The molecule has 0 bridgehead atoms. The second kappa shape index (κ2) is 7.24. The maximum atomic E-state index is 14.6. The lowest BCUT2D eigenvalue weighted by molar-refractivity contribution is 0.218. The minimum atomic E-state index is -3.38. The number of hydrogen-bond donors (Lipinski definition) is 1. The monoisotopic (exact) mass is 461 g/mol. The topological polar surface area (TPSA) is 87.5 Å². The van der Waals surface area contributed by atoms with Crippen LogP contribution in [0.5, 0.6) is 0 Å². The maximum Gasteiger partial charge on any atom is 0.326 e. The number of aromatic nitrogens is 2. The smallest absolute Gasteiger partial charge is 0.318 e. The minimum Gasteiger partial charge on any atom is -0.318 e. The van der Waals surface area contributed by atoms with E-state index < -0.39 is 21.7 Å². The lowest BCUT2D eigenvalue weighted by atomic mass is 10.00. The van der Waals surface area contributed by atoms with Gasteiger partial charge in [-0.1, -0.05) is 18.2 Å². The van der Waals surface area contributed by atoms with E-state index in [9.17, 15) is 22.0 Å². The Morgan fingerprint density at radius 2 is 1.78 bits per heavy atom. The number of aryl methyl sites for hydroxylation is 1. The predicted octanol–water partition coefficient (Wildman–Crippen LogP) is 2.45. The van der Waals surface area contributed by atoms with Crippen molar-refractivity contribution in [3.05, 3.63) is 48.0 Å². The number of benzene rings is 2. The number of fused-ring (bicyclic) bond motifs is 2. The molecule has 2 fully saturated rings. The third kappa shape index (κ3) is 3.32. The highest BCUT2D eigenvalue weighted by Gasteiger charge is 2.46. The van der Waals surface area contributed by atoms with Crippen LogP contribution in [0, 0.1) is 11.6 Å². The molecule has 0 radical (unpaired) electrons. The molecule has 2 amide bonds. The standard InChI is InChI=1S/C21H21F2N5O3S/c1-26-20(28-11-13-9-12(25-32(2,30)31)10-27(13)21(28)29)19-14(5-3-8-17(19)24-26)18-15(22)6-4-7-16(18)23/h3-8,12-13,25H,9-11H2,1-2H3/t12-,13-/m0/s1. The van der Waals surface area contributed by atoms with Gasteiger partial charge in [0.25, 0.3) is 0 Å². The van der Waals surface area contributed by atoms with Gasteiger partial charge in [0.05, 0.1) is 28.8 Å². The third-order valence-corrected chi connectivity index (χ3v) is 6.74. The molecule has 5 rings (SSSR count). The molecular formula is C21H21F2N5O3S. The molecule has 3 heterocycles. The summed E-state index contributed by atoms with van der Waals surface area (Å²) in [6, 6.07) is 7.90. The van der Waals surface area contributed by atoms with Crippen molar-refractivity contribution in [1.29, 1.82) is 0 Å². The van der Waals surface area contributed by atoms with E-state index in [-0.39, 0.29) is 30.2 Å². The number of urea groups is 1. The first-order chi connectivity index (χ1) is 15.1. The fourth-order valence-electron chi connectivity index (χ4n) is 4.84. The Balaban J connectivity index is 1.57. The van der Waals surface area contributed by atoms with E-state index >= 15 is 0 Å². The summed E-state index contributed by atoms with van der Waals surface area (Å²) in [5.41, 5.74) is 0.661. The van der Waals surface area contributed by atoms with E-state index in [0.29, 0.717) is 35.2 Å². The molecule has 2 saturated heterocycles. The summed E-state index contributed by atoms with van der Waals surface area (Å²) >= 11 is 0. The summed E-state index contributed by atoms with van der Waals surface area (Å²) in [5.74, 6) is -0.948. The highest BCUT2D eigenvalue weighted by Crippen LogP contribution is 2.40. The predicted molar refractivity (Wildman–Crippen MR) is 116 cm³/mol. The quantitative estimate of drug-likeness (QED) is 0.647. The first-order valence-corrected chi connectivity index (χ1v) is 12.0. The largest absolute Gasteiger partial charge is 0.326 e. The van der Waals surface area contributed by atoms with Crippen LogP contribution < -0.4 is 9.62 Å². The molecule has 3 aromatic rings. The van der Waals surface area contributed by atoms with Crippen LogP contribution in [-0.2, 0) is 17.1 Å². The van der Waals surface area contributed by atoms with Crippen LogP contribution in [0.1, 0.15) is 6.42 Å². The van der Waals surface area contributed by atoms with E-state index in [1.807, 2.05) is 0 Å². The van der Waals surface area contributed by atoms with E-state index in [1.54, 1.807) is 39.7 Å². The van der Waals surface area contributed by atoms with Crippen molar-refractivity contribution in [3.8, 4) is 11.1 Å². The molecule has 168 valence electrons. The molecule has 0 aliphatic carbocycles. The van der Waals surface area contributed by atoms with E-state index in [0.717, 1.165) is 6.26 Å². The van der Waals surface area contributed by atoms with Gasteiger partial charge in [0, 0.05) is 31.7 Å². The number of rotatable bonds is 4. The molecule has 8 nitrogen and oxygen atoms in total. The van der Waals surface area contributed by atoms with Gasteiger partial charge in [-0.2, -0.15) is 5.10 Å². The first-order valence-electron chi connectivity index (χ1n) is 10.1. The van der Waals surface area contributed by atoms with Gasteiger partial charge in [-0.05, 0) is 24.6 Å². The highest BCUT2D eigenvalue weighted by atomic mass is 32.2. The van der Waals surface area contributed by atoms with Crippen molar-refractivity contribution in [2.75, 3.05) is 24.2 Å². The lowest BCUT2D eigenvalue weighted by Gasteiger charge is -2.20. The van der Waals surface area contributed by atoms with Gasteiger partial charge in [0.1, 0.15) is 17.5 Å². The second-order valence-electron chi connectivity index (χ2n) is 8.27. The lowest BCUT2D eigenvalue weighted by Crippen LogP contribution is -2.40. The summed E-state index contributed by atoms with van der Waals surface area (Å²) in [7, 11) is -1.70. The van der Waals surface area contributed by atoms with Gasteiger partial charge in [-0.3, -0.25) is 9.58 Å². The molecule has 0 spiro atoms. The van der Waals surface area contributed by atoms with Gasteiger partial charge < -0.3 is 4.90 Å². The van der Waals surface area contributed by atoms with Crippen molar-refractivity contribution < 1.29 is 22.0 Å². The van der Waals surface area contributed by atoms with Crippen LogP contribution in [0.15, 0.2) is 36.4 Å². The van der Waals surface area contributed by atoms with Crippen LogP contribution in [0.3, 0.4) is 0 Å². The number of hydrogen-bond acceptors (Lipinski definition) is 4. The number of amides is 2. The molecule has 2 aromatic carbocycles. The third-order valence-electron chi connectivity index (χ3n) is 5.98. The number of carbonyl (C=O) groups excluding carboxylic acids is 1. The van der Waals surface area contributed by atoms with Gasteiger partial charge in [-0.15, -0.1) is 0 Å². The zero-order valence-corrected chi connectivity index (χ0v) is 18.2. The summed E-state index contributed by atoms with van der Waals surface area (Å²) in [4.78, 5) is 16.4. The molecule has 2 aliphatic rings. The fraction of sp³-hybridized carbons (Fsp3) is 0.333. The Kier molecular flexibility index (Phi) is 4.71. The molecule has 1 aromatic heterocycles. The molecule has 2 aliphatic heterocycles. The maximum absolute atomic E-state index is 14.6. The molecular weight excluding hydrogens is 440 g/mol. The van der Waals surface area contributed by atoms with Gasteiger partial charge in [-0.25, -0.2) is 26.7 Å². The van der Waals surface area contributed by atoms with Gasteiger partial charge in [0.15, 0.2) is 0 Å². The average Bonchev–Trinajstić information content (AvgIpc) is 3.32. The zero-order chi connectivity index (χ0) is 22.8. The Morgan fingerprint density at radius 3 is 2.44 bits per heavy atom. The Bertz CT molecular complexity index is 1340. The number of halogens is 2. The summed E-state index contributed by atoms with van der Waals surface area (Å²) in [5, 5.41) is 4.95. The fourth-order valence-corrected chi connectivity index (χ4v) is 5.61. The number of nitrogens with one attached hydrogen (secondary N) is 1. The molecule has 32 heavy (non-hydrogen) atoms. The number of carbonyl (C=O) groups is 1. The number of sulfonamides is 1. The van der Waals surface area contributed by atoms with Crippen LogP contribution in [0.25, 0.3) is 22.0 Å². The van der Waals surface area contributed by atoms with Gasteiger partial charge >= 0.3 is 6.03 Å². The first kappa shape index (κ1) is 20.8. The summed E-state index contributed by atoms with van der Waals surface area (Å²) in [6.45, 7) is 0.584. The van der Waals surface area contributed by atoms with E-state index in [1.165, 1.54) is 18.2 Å². The van der Waals surface area contributed by atoms with Crippen LogP contribution in [-0.4, -0.2) is 60.6 Å².